The third-order valence-electron chi connectivity index (χ3n) is 3.96. The van der Waals surface area contributed by atoms with Crippen molar-refractivity contribution >= 4 is 17.4 Å². The second kappa shape index (κ2) is 6.66. The van der Waals surface area contributed by atoms with Crippen molar-refractivity contribution in [3.63, 3.8) is 0 Å². The summed E-state index contributed by atoms with van der Waals surface area (Å²) in [7, 11) is 1.61. The molecule has 0 radical (unpaired) electrons. The largest absolute Gasteiger partial charge is 0.497 e. The molecular formula is C17H19N5O2. The van der Waals surface area contributed by atoms with E-state index in [0.29, 0.717) is 18.6 Å². The fourth-order valence-corrected chi connectivity index (χ4v) is 2.65. The average molecular weight is 325 g/mol. The Balaban J connectivity index is 1.67. The molecule has 0 bridgehead atoms. The van der Waals surface area contributed by atoms with Gasteiger partial charge in [0, 0.05) is 23.5 Å². The minimum Gasteiger partial charge on any atom is -0.497 e. The molecule has 0 spiro atoms. The molecule has 2 heterocycles. The van der Waals surface area contributed by atoms with Gasteiger partial charge in [0.05, 0.1) is 7.11 Å². The number of carbonyl (C=O) groups is 1. The van der Waals surface area contributed by atoms with Crippen LogP contribution in [-0.4, -0.2) is 32.6 Å². The molecule has 3 rings (SSSR count). The van der Waals surface area contributed by atoms with Crippen molar-refractivity contribution in [2.24, 2.45) is 0 Å². The zero-order valence-corrected chi connectivity index (χ0v) is 13.9. The summed E-state index contributed by atoms with van der Waals surface area (Å²) in [5.74, 6) is 1.29. The van der Waals surface area contributed by atoms with E-state index in [2.05, 4.69) is 20.4 Å². The topological polar surface area (TPSA) is 81.4 Å². The normalized spacial score (nSPS) is 10.8. The number of amides is 1. The summed E-state index contributed by atoms with van der Waals surface area (Å²) in [5.41, 5.74) is 3.62. The van der Waals surface area contributed by atoms with Crippen molar-refractivity contribution in [2.45, 2.75) is 26.7 Å². The molecule has 0 unspecified atom stereocenters. The fraction of sp³-hybridized carbons (Fsp3) is 0.294. The maximum absolute atomic E-state index is 12.2. The average Bonchev–Trinajstić information content (AvgIpc) is 3.04. The maximum Gasteiger partial charge on any atom is 0.252 e. The molecule has 2 aromatic heterocycles. The smallest absolute Gasteiger partial charge is 0.252 e. The zero-order chi connectivity index (χ0) is 17.1. The summed E-state index contributed by atoms with van der Waals surface area (Å²) >= 11 is 0. The van der Waals surface area contributed by atoms with Crippen LogP contribution in [-0.2, 0) is 11.2 Å². The predicted molar refractivity (Wildman–Crippen MR) is 90.2 cm³/mol. The molecule has 0 saturated carbocycles. The molecule has 0 fully saturated rings. The molecular weight excluding hydrogens is 306 g/mol. The first-order valence-corrected chi connectivity index (χ1v) is 7.68. The van der Waals surface area contributed by atoms with Crippen molar-refractivity contribution in [3.05, 3.63) is 47.5 Å². The van der Waals surface area contributed by atoms with Crippen LogP contribution < -0.4 is 10.1 Å². The lowest BCUT2D eigenvalue weighted by Crippen LogP contribution is -2.14. The van der Waals surface area contributed by atoms with Crippen molar-refractivity contribution in [2.75, 3.05) is 12.4 Å². The van der Waals surface area contributed by atoms with E-state index in [1.807, 2.05) is 38.1 Å². The lowest BCUT2D eigenvalue weighted by Gasteiger charge is -2.10. The van der Waals surface area contributed by atoms with E-state index in [4.69, 9.17) is 4.74 Å². The Kier molecular flexibility index (Phi) is 4.41. The number of rotatable bonds is 5. The molecule has 7 heteroatoms. The summed E-state index contributed by atoms with van der Waals surface area (Å²) in [6, 6.07) is 7.26. The minimum absolute atomic E-state index is 0.0438. The van der Waals surface area contributed by atoms with Gasteiger partial charge >= 0.3 is 0 Å². The van der Waals surface area contributed by atoms with E-state index in [1.54, 1.807) is 11.6 Å². The van der Waals surface area contributed by atoms with E-state index in [9.17, 15) is 4.79 Å². The molecule has 3 aromatic rings. The van der Waals surface area contributed by atoms with Gasteiger partial charge in [-0.1, -0.05) is 0 Å². The lowest BCUT2D eigenvalue weighted by molar-refractivity contribution is -0.116. The minimum atomic E-state index is -0.0438. The van der Waals surface area contributed by atoms with Gasteiger partial charge in [-0.25, -0.2) is 9.50 Å². The number of aromatic nitrogens is 4. The number of methoxy groups -OCH3 is 1. The highest BCUT2D eigenvalue weighted by molar-refractivity contribution is 5.90. The molecule has 1 aromatic carbocycles. The summed E-state index contributed by atoms with van der Waals surface area (Å²) in [5, 5.41) is 7.05. The lowest BCUT2D eigenvalue weighted by atomic mass is 10.1. The van der Waals surface area contributed by atoms with Gasteiger partial charge in [-0.05, 0) is 50.1 Å². The Morgan fingerprint density at radius 1 is 1.25 bits per heavy atom. The van der Waals surface area contributed by atoms with Crippen molar-refractivity contribution in [1.82, 2.24) is 19.6 Å². The van der Waals surface area contributed by atoms with E-state index in [-0.39, 0.29) is 5.91 Å². The molecule has 0 atom stereocenters. The Hall–Kier alpha value is -2.96. The third kappa shape index (κ3) is 3.19. The van der Waals surface area contributed by atoms with Gasteiger partial charge < -0.3 is 10.1 Å². The first-order chi connectivity index (χ1) is 11.6. The Labute approximate surface area is 139 Å². The zero-order valence-electron chi connectivity index (χ0n) is 13.9. The van der Waals surface area contributed by atoms with Crippen LogP contribution in [0.5, 0.6) is 5.75 Å². The maximum atomic E-state index is 12.2. The molecule has 1 N–H and O–H groups in total. The number of anilines is 1. The van der Waals surface area contributed by atoms with Crippen molar-refractivity contribution in [3.8, 4) is 5.75 Å². The van der Waals surface area contributed by atoms with Crippen LogP contribution in [0.2, 0.25) is 0 Å². The molecule has 7 nitrogen and oxygen atoms in total. The van der Waals surface area contributed by atoms with Gasteiger partial charge in [0.2, 0.25) is 5.91 Å². The first kappa shape index (κ1) is 15.9. The van der Waals surface area contributed by atoms with Crippen molar-refractivity contribution in [1.29, 1.82) is 0 Å². The van der Waals surface area contributed by atoms with E-state index in [1.165, 1.54) is 6.33 Å². The van der Waals surface area contributed by atoms with Gasteiger partial charge in [0.15, 0.2) is 0 Å². The molecule has 124 valence electrons. The SMILES string of the molecule is COc1ccc(NC(=O)CCc2c(C)nc3ncnn3c2C)cc1. The summed E-state index contributed by atoms with van der Waals surface area (Å²) < 4.78 is 6.80. The third-order valence-corrected chi connectivity index (χ3v) is 3.96. The molecule has 0 aliphatic carbocycles. The van der Waals surface area contributed by atoms with Crippen molar-refractivity contribution < 1.29 is 9.53 Å². The van der Waals surface area contributed by atoms with E-state index >= 15 is 0 Å². The second-order valence-electron chi connectivity index (χ2n) is 5.51. The monoisotopic (exact) mass is 325 g/mol. The number of hydrogen-bond donors (Lipinski definition) is 1. The summed E-state index contributed by atoms with van der Waals surface area (Å²) in [6.07, 6.45) is 2.45. The highest BCUT2D eigenvalue weighted by Gasteiger charge is 2.12. The molecule has 0 aliphatic heterocycles. The highest BCUT2D eigenvalue weighted by atomic mass is 16.5. The number of carbonyl (C=O) groups excluding carboxylic acids is 1. The Morgan fingerprint density at radius 3 is 2.71 bits per heavy atom. The number of nitrogens with zero attached hydrogens (tertiary/aromatic N) is 4. The predicted octanol–water partition coefficient (Wildman–Crippen LogP) is 2.32. The van der Waals surface area contributed by atoms with Gasteiger partial charge in [-0.15, -0.1) is 0 Å². The van der Waals surface area contributed by atoms with E-state index < -0.39 is 0 Å². The number of hydrogen-bond acceptors (Lipinski definition) is 5. The fourth-order valence-electron chi connectivity index (χ4n) is 2.65. The number of benzene rings is 1. The molecule has 24 heavy (non-hydrogen) atoms. The quantitative estimate of drug-likeness (QED) is 0.778. The number of ether oxygens (including phenoxy) is 1. The van der Waals surface area contributed by atoms with Gasteiger partial charge in [0.1, 0.15) is 12.1 Å². The Bertz CT molecular complexity index is 871. The molecule has 0 saturated heterocycles. The van der Waals surface area contributed by atoms with Crippen LogP contribution in [0, 0.1) is 13.8 Å². The number of nitrogens with one attached hydrogen (secondary N) is 1. The van der Waals surface area contributed by atoms with Crippen LogP contribution in [0.1, 0.15) is 23.4 Å². The molecule has 0 aliphatic rings. The van der Waals surface area contributed by atoms with Crippen LogP contribution in [0.3, 0.4) is 0 Å². The number of aryl methyl sites for hydroxylation is 2. The highest BCUT2D eigenvalue weighted by Crippen LogP contribution is 2.17. The van der Waals surface area contributed by atoms with Crippen LogP contribution in [0.4, 0.5) is 5.69 Å². The molecule has 1 amide bonds. The van der Waals surface area contributed by atoms with E-state index in [0.717, 1.165) is 28.4 Å². The van der Waals surface area contributed by atoms with Gasteiger partial charge in [0.25, 0.3) is 5.78 Å². The standard InChI is InChI=1S/C17H19N5O2/c1-11-15(12(2)22-17(20-11)18-10-19-22)8-9-16(23)21-13-4-6-14(24-3)7-5-13/h4-7,10H,8-9H2,1-3H3,(H,21,23). The van der Waals surface area contributed by atoms with Crippen LogP contribution in [0.25, 0.3) is 5.78 Å². The second-order valence-corrected chi connectivity index (χ2v) is 5.51. The summed E-state index contributed by atoms with van der Waals surface area (Å²) in [6.45, 7) is 3.89. The summed E-state index contributed by atoms with van der Waals surface area (Å²) in [4.78, 5) is 20.7. The van der Waals surface area contributed by atoms with Gasteiger partial charge in [-0.3, -0.25) is 4.79 Å². The van der Waals surface area contributed by atoms with Gasteiger partial charge in [-0.2, -0.15) is 10.1 Å². The first-order valence-electron chi connectivity index (χ1n) is 7.68. The Morgan fingerprint density at radius 2 is 2.00 bits per heavy atom. The number of fused-ring (bicyclic) bond motifs is 1. The van der Waals surface area contributed by atoms with Crippen LogP contribution in [0.15, 0.2) is 30.6 Å². The van der Waals surface area contributed by atoms with Crippen LogP contribution >= 0.6 is 0 Å².